The maximum absolute atomic E-state index is 5.87. The van der Waals surface area contributed by atoms with Gasteiger partial charge in [0.1, 0.15) is 12.4 Å². The highest BCUT2D eigenvalue weighted by atomic mass is 16.5. The molecule has 0 unspecified atom stereocenters. The van der Waals surface area contributed by atoms with E-state index in [0.717, 1.165) is 37.2 Å². The highest BCUT2D eigenvalue weighted by Gasteiger charge is 2.31. The average molecular weight is 273 g/mol. The maximum Gasteiger partial charge on any atom is 0.146 e. The Balaban J connectivity index is 1.41. The predicted octanol–water partition coefficient (Wildman–Crippen LogP) is 1.77. The summed E-state index contributed by atoms with van der Waals surface area (Å²) in [6, 6.07) is 7.37. The SMILES string of the molecule is c1cc(CN2CCN(C3CC3)CC2)c2c(c1)NCCO2. The first-order chi connectivity index (χ1) is 9.90. The summed E-state index contributed by atoms with van der Waals surface area (Å²) >= 11 is 0. The topological polar surface area (TPSA) is 27.7 Å². The van der Waals surface area contributed by atoms with Gasteiger partial charge in [0.15, 0.2) is 0 Å². The number of nitrogens with one attached hydrogen (secondary N) is 1. The normalized spacial score (nSPS) is 23.8. The summed E-state index contributed by atoms with van der Waals surface area (Å²) in [4.78, 5) is 5.22. The second-order valence-electron chi connectivity index (χ2n) is 6.11. The molecule has 2 aliphatic heterocycles. The van der Waals surface area contributed by atoms with Gasteiger partial charge in [-0.2, -0.15) is 0 Å². The van der Waals surface area contributed by atoms with E-state index in [0.29, 0.717) is 0 Å². The van der Waals surface area contributed by atoms with Crippen LogP contribution in [0.4, 0.5) is 5.69 Å². The Morgan fingerprint density at radius 2 is 2.00 bits per heavy atom. The zero-order valence-corrected chi connectivity index (χ0v) is 12.0. The molecule has 0 amide bonds. The van der Waals surface area contributed by atoms with Gasteiger partial charge in [0.05, 0.1) is 5.69 Å². The van der Waals surface area contributed by atoms with Crippen LogP contribution in [0.25, 0.3) is 0 Å². The molecule has 0 atom stereocenters. The second-order valence-corrected chi connectivity index (χ2v) is 6.11. The number of rotatable bonds is 3. The summed E-state index contributed by atoms with van der Waals surface area (Å²) in [5.41, 5.74) is 2.49. The molecular weight excluding hydrogens is 250 g/mol. The van der Waals surface area contributed by atoms with Gasteiger partial charge in [-0.1, -0.05) is 12.1 Å². The molecule has 4 rings (SSSR count). The summed E-state index contributed by atoms with van der Waals surface area (Å²) in [7, 11) is 0. The minimum absolute atomic E-state index is 0.777. The molecular formula is C16H23N3O. The fourth-order valence-corrected chi connectivity index (χ4v) is 3.32. The van der Waals surface area contributed by atoms with Crippen molar-refractivity contribution in [3.8, 4) is 5.75 Å². The first-order valence-electron chi connectivity index (χ1n) is 7.85. The van der Waals surface area contributed by atoms with Gasteiger partial charge >= 0.3 is 0 Å². The Bertz CT molecular complexity index is 479. The van der Waals surface area contributed by atoms with Crippen LogP contribution in [0.2, 0.25) is 0 Å². The van der Waals surface area contributed by atoms with Crippen molar-refractivity contribution < 1.29 is 4.74 Å². The number of anilines is 1. The number of nitrogens with zero attached hydrogens (tertiary/aromatic N) is 2. The van der Waals surface area contributed by atoms with Gasteiger partial charge in [-0.25, -0.2) is 0 Å². The van der Waals surface area contributed by atoms with E-state index in [9.17, 15) is 0 Å². The molecule has 20 heavy (non-hydrogen) atoms. The average Bonchev–Trinajstić information content (AvgIpc) is 3.33. The van der Waals surface area contributed by atoms with Crippen LogP contribution >= 0.6 is 0 Å². The summed E-state index contributed by atoms with van der Waals surface area (Å²) in [5.74, 6) is 1.07. The summed E-state index contributed by atoms with van der Waals surface area (Å²) in [6.45, 7) is 7.55. The molecule has 108 valence electrons. The number of hydrogen-bond donors (Lipinski definition) is 1. The minimum atomic E-state index is 0.777. The van der Waals surface area contributed by atoms with Crippen molar-refractivity contribution in [3.05, 3.63) is 23.8 Å². The van der Waals surface area contributed by atoms with E-state index in [2.05, 4.69) is 33.3 Å². The zero-order valence-electron chi connectivity index (χ0n) is 12.0. The van der Waals surface area contributed by atoms with E-state index in [1.807, 2.05) is 0 Å². The van der Waals surface area contributed by atoms with Crippen LogP contribution < -0.4 is 10.1 Å². The van der Waals surface area contributed by atoms with E-state index >= 15 is 0 Å². The highest BCUT2D eigenvalue weighted by molar-refractivity contribution is 5.61. The van der Waals surface area contributed by atoms with Gasteiger partial charge in [-0.3, -0.25) is 9.80 Å². The molecule has 0 radical (unpaired) electrons. The number of ether oxygens (including phenoxy) is 1. The maximum atomic E-state index is 5.87. The lowest BCUT2D eigenvalue weighted by Crippen LogP contribution is -2.46. The quantitative estimate of drug-likeness (QED) is 0.908. The molecule has 0 bridgehead atoms. The number of piperazine rings is 1. The Hall–Kier alpha value is -1.26. The van der Waals surface area contributed by atoms with Crippen molar-refractivity contribution in [2.45, 2.75) is 25.4 Å². The largest absolute Gasteiger partial charge is 0.489 e. The van der Waals surface area contributed by atoms with Gasteiger partial charge in [-0.15, -0.1) is 0 Å². The fraction of sp³-hybridized carbons (Fsp3) is 0.625. The van der Waals surface area contributed by atoms with Crippen LogP contribution in [-0.4, -0.2) is 55.2 Å². The van der Waals surface area contributed by atoms with Gasteiger partial charge < -0.3 is 10.1 Å². The zero-order chi connectivity index (χ0) is 13.4. The second kappa shape index (κ2) is 5.26. The summed E-state index contributed by atoms with van der Waals surface area (Å²) < 4.78 is 5.87. The van der Waals surface area contributed by atoms with Crippen LogP contribution in [0.3, 0.4) is 0 Å². The van der Waals surface area contributed by atoms with Crippen LogP contribution in [0, 0.1) is 0 Å². The molecule has 1 aromatic carbocycles. The molecule has 0 aromatic heterocycles. The number of benzene rings is 1. The van der Waals surface area contributed by atoms with E-state index in [-0.39, 0.29) is 0 Å². The lowest BCUT2D eigenvalue weighted by atomic mass is 10.1. The summed E-state index contributed by atoms with van der Waals surface area (Å²) in [6.07, 6.45) is 2.84. The third-order valence-corrected chi connectivity index (χ3v) is 4.62. The number of hydrogen-bond acceptors (Lipinski definition) is 4. The molecule has 1 aliphatic carbocycles. The molecule has 3 aliphatic rings. The van der Waals surface area contributed by atoms with Crippen molar-refractivity contribution in [1.82, 2.24) is 9.80 Å². The minimum Gasteiger partial charge on any atom is -0.489 e. The number of fused-ring (bicyclic) bond motifs is 1. The smallest absolute Gasteiger partial charge is 0.146 e. The summed E-state index contributed by atoms with van der Waals surface area (Å²) in [5, 5.41) is 3.42. The lowest BCUT2D eigenvalue weighted by molar-refractivity contribution is 0.120. The Kier molecular flexibility index (Phi) is 3.28. The predicted molar refractivity (Wildman–Crippen MR) is 80.3 cm³/mol. The van der Waals surface area contributed by atoms with Crippen molar-refractivity contribution >= 4 is 5.69 Å². The van der Waals surface area contributed by atoms with E-state index < -0.39 is 0 Å². The van der Waals surface area contributed by atoms with Gasteiger partial charge in [0.2, 0.25) is 0 Å². The third-order valence-electron chi connectivity index (χ3n) is 4.62. The monoisotopic (exact) mass is 273 g/mol. The molecule has 4 heteroatoms. The van der Waals surface area contributed by atoms with Crippen LogP contribution in [0.5, 0.6) is 5.75 Å². The molecule has 1 saturated carbocycles. The molecule has 1 saturated heterocycles. The molecule has 1 N–H and O–H groups in total. The standard InChI is InChI=1S/C16H23N3O/c1-2-13(16-15(3-1)17-6-11-20-16)12-18-7-9-19(10-8-18)14-4-5-14/h1-3,14,17H,4-12H2. The van der Waals surface area contributed by atoms with E-state index in [1.165, 1.54) is 44.6 Å². The van der Waals surface area contributed by atoms with Crippen LogP contribution in [0.1, 0.15) is 18.4 Å². The van der Waals surface area contributed by atoms with Gasteiger partial charge in [-0.05, 0) is 18.9 Å². The molecule has 4 nitrogen and oxygen atoms in total. The Labute approximate surface area is 120 Å². The molecule has 2 fully saturated rings. The lowest BCUT2D eigenvalue weighted by Gasteiger charge is -2.35. The van der Waals surface area contributed by atoms with Crippen molar-refractivity contribution in [2.75, 3.05) is 44.6 Å². The van der Waals surface area contributed by atoms with Crippen molar-refractivity contribution in [2.24, 2.45) is 0 Å². The fourth-order valence-electron chi connectivity index (χ4n) is 3.32. The Morgan fingerprint density at radius 3 is 2.80 bits per heavy atom. The molecule has 0 spiro atoms. The molecule has 1 aromatic rings. The van der Waals surface area contributed by atoms with Gasteiger partial charge in [0.25, 0.3) is 0 Å². The van der Waals surface area contributed by atoms with Crippen LogP contribution in [-0.2, 0) is 6.54 Å². The van der Waals surface area contributed by atoms with E-state index in [1.54, 1.807) is 0 Å². The highest BCUT2D eigenvalue weighted by Crippen LogP contribution is 2.32. The van der Waals surface area contributed by atoms with Crippen LogP contribution in [0.15, 0.2) is 18.2 Å². The molecule has 2 heterocycles. The van der Waals surface area contributed by atoms with Gasteiger partial charge in [0, 0.05) is 50.9 Å². The van der Waals surface area contributed by atoms with Crippen molar-refractivity contribution in [1.29, 1.82) is 0 Å². The first-order valence-corrected chi connectivity index (χ1v) is 7.85. The Morgan fingerprint density at radius 1 is 1.15 bits per heavy atom. The number of para-hydroxylation sites is 1. The van der Waals surface area contributed by atoms with E-state index in [4.69, 9.17) is 4.74 Å². The third kappa shape index (κ3) is 2.50. The van der Waals surface area contributed by atoms with Crippen molar-refractivity contribution in [3.63, 3.8) is 0 Å². The first kappa shape index (κ1) is 12.5.